The molecule has 0 atom stereocenters. The van der Waals surface area contributed by atoms with Crippen LogP contribution in [0.3, 0.4) is 0 Å². The van der Waals surface area contributed by atoms with Crippen LogP contribution in [0.5, 0.6) is 0 Å². The van der Waals surface area contributed by atoms with Crippen LogP contribution in [0.1, 0.15) is 10.4 Å². The molecule has 5 nitrogen and oxygen atoms in total. The molecule has 5 heteroatoms. The highest BCUT2D eigenvalue weighted by Gasteiger charge is 2.08. The van der Waals surface area contributed by atoms with Gasteiger partial charge in [-0.25, -0.2) is 4.79 Å². The summed E-state index contributed by atoms with van der Waals surface area (Å²) in [5.41, 5.74) is 3.76. The second-order valence-corrected chi connectivity index (χ2v) is 3.57. The van der Waals surface area contributed by atoms with Crippen molar-refractivity contribution in [2.75, 3.05) is 5.43 Å². The number of allylic oxidation sites excluding steroid dienone is 4. The highest BCUT2D eigenvalue weighted by Crippen LogP contribution is 2.14. The summed E-state index contributed by atoms with van der Waals surface area (Å²) in [7, 11) is 0. The second-order valence-electron chi connectivity index (χ2n) is 3.57. The van der Waals surface area contributed by atoms with E-state index in [4.69, 9.17) is 5.11 Å². The molecule has 0 fully saturated rings. The first kappa shape index (κ1) is 11.8. The van der Waals surface area contributed by atoms with Crippen LogP contribution in [-0.2, 0) is 4.79 Å². The molecule has 0 unspecified atom stereocenters. The summed E-state index contributed by atoms with van der Waals surface area (Å²) in [5, 5.41) is 13.0. The van der Waals surface area contributed by atoms with E-state index in [9.17, 15) is 9.59 Å². The van der Waals surface area contributed by atoms with E-state index >= 15 is 0 Å². The summed E-state index contributed by atoms with van der Waals surface area (Å²) in [6.07, 6.45) is 5.89. The molecule has 0 aliphatic heterocycles. The van der Waals surface area contributed by atoms with Gasteiger partial charge in [0.2, 0.25) is 0 Å². The summed E-state index contributed by atoms with van der Waals surface area (Å²) in [6, 6.07) is 6.46. The van der Waals surface area contributed by atoms with Crippen molar-refractivity contribution in [3.05, 3.63) is 54.1 Å². The molecule has 0 saturated heterocycles. The first-order chi connectivity index (χ1) is 8.66. The Balaban J connectivity index is 2.18. The smallest absolute Gasteiger partial charge is 0.337 e. The quantitative estimate of drug-likeness (QED) is 0.626. The maximum absolute atomic E-state index is 11.0. The van der Waals surface area contributed by atoms with Gasteiger partial charge in [0.15, 0.2) is 5.78 Å². The third kappa shape index (κ3) is 2.70. The number of carbonyl (C=O) groups is 2. The van der Waals surface area contributed by atoms with Gasteiger partial charge in [-0.1, -0.05) is 12.1 Å². The van der Waals surface area contributed by atoms with Crippen molar-refractivity contribution in [1.29, 1.82) is 0 Å². The van der Waals surface area contributed by atoms with Crippen molar-refractivity contribution < 1.29 is 14.7 Å². The molecule has 1 aliphatic rings. The monoisotopic (exact) mass is 242 g/mol. The van der Waals surface area contributed by atoms with E-state index in [-0.39, 0.29) is 11.3 Å². The van der Waals surface area contributed by atoms with Crippen molar-refractivity contribution in [3.63, 3.8) is 0 Å². The molecule has 90 valence electrons. The average molecular weight is 242 g/mol. The standard InChI is InChI=1S/C13H10N2O3/c16-10-7-5-9(6-8-10)14-15-12-4-2-1-3-11(12)13(17)18/h1-8,15H,(H,17,18). The number of nitrogens with zero attached hydrogens (tertiary/aromatic N) is 1. The SMILES string of the molecule is O=C1C=CC(=NNc2ccccc2C(=O)O)C=C1. The number of anilines is 1. The maximum Gasteiger partial charge on any atom is 0.337 e. The molecule has 2 N–H and O–H groups in total. The van der Waals surface area contributed by atoms with Gasteiger partial charge in [-0.05, 0) is 36.4 Å². The largest absolute Gasteiger partial charge is 0.478 e. The summed E-state index contributed by atoms with van der Waals surface area (Å²) in [5.74, 6) is -1.12. The third-order valence-corrected chi connectivity index (χ3v) is 2.30. The maximum atomic E-state index is 11.0. The van der Waals surface area contributed by atoms with Gasteiger partial charge in [0, 0.05) is 0 Å². The zero-order valence-electron chi connectivity index (χ0n) is 9.33. The molecule has 0 radical (unpaired) electrons. The molecule has 18 heavy (non-hydrogen) atoms. The van der Waals surface area contributed by atoms with Crippen molar-refractivity contribution in [3.8, 4) is 0 Å². The van der Waals surface area contributed by atoms with Crippen LogP contribution in [0.4, 0.5) is 5.69 Å². The third-order valence-electron chi connectivity index (χ3n) is 2.30. The Labute approximate surface area is 103 Å². The van der Waals surface area contributed by atoms with Crippen LogP contribution < -0.4 is 5.43 Å². The predicted octanol–water partition coefficient (Wildman–Crippen LogP) is 1.85. The van der Waals surface area contributed by atoms with Gasteiger partial charge in [-0.15, -0.1) is 0 Å². The normalized spacial score (nSPS) is 13.6. The number of nitrogens with one attached hydrogen (secondary N) is 1. The summed E-state index contributed by atoms with van der Waals surface area (Å²) < 4.78 is 0. The van der Waals surface area contributed by atoms with Crippen molar-refractivity contribution in [2.45, 2.75) is 0 Å². The predicted molar refractivity (Wildman–Crippen MR) is 67.7 cm³/mol. The average Bonchev–Trinajstić information content (AvgIpc) is 2.38. The van der Waals surface area contributed by atoms with E-state index in [1.54, 1.807) is 30.4 Å². The van der Waals surface area contributed by atoms with Gasteiger partial charge in [0.05, 0.1) is 17.0 Å². The molecule has 0 heterocycles. The van der Waals surface area contributed by atoms with E-state index in [0.717, 1.165) is 0 Å². The van der Waals surface area contributed by atoms with Crippen LogP contribution in [0.2, 0.25) is 0 Å². The number of hydrogen-bond acceptors (Lipinski definition) is 4. The van der Waals surface area contributed by atoms with E-state index in [2.05, 4.69) is 10.5 Å². The van der Waals surface area contributed by atoms with Crippen LogP contribution in [0, 0.1) is 0 Å². The number of aromatic carboxylic acids is 1. The van der Waals surface area contributed by atoms with Crippen LogP contribution in [-0.4, -0.2) is 22.6 Å². The zero-order valence-corrected chi connectivity index (χ0v) is 9.33. The highest BCUT2D eigenvalue weighted by molar-refractivity contribution is 6.16. The summed E-state index contributed by atoms with van der Waals surface area (Å²) >= 11 is 0. The van der Waals surface area contributed by atoms with Gasteiger partial charge in [0.25, 0.3) is 0 Å². The molecule has 0 spiro atoms. The molecule has 1 aliphatic carbocycles. The van der Waals surface area contributed by atoms with Crippen molar-refractivity contribution >= 4 is 23.2 Å². The Morgan fingerprint density at radius 2 is 1.78 bits per heavy atom. The van der Waals surface area contributed by atoms with Crippen LogP contribution in [0.15, 0.2) is 53.7 Å². The summed E-state index contributed by atoms with van der Waals surface area (Å²) in [4.78, 5) is 21.9. The van der Waals surface area contributed by atoms with Gasteiger partial charge in [-0.2, -0.15) is 5.10 Å². The lowest BCUT2D eigenvalue weighted by molar-refractivity contribution is -0.110. The number of carboxylic acid groups (broad SMARTS) is 1. The molecular formula is C13H10N2O3. The number of carboxylic acids is 1. The van der Waals surface area contributed by atoms with Gasteiger partial charge >= 0.3 is 5.97 Å². The fourth-order valence-electron chi connectivity index (χ4n) is 1.41. The van der Waals surface area contributed by atoms with E-state index < -0.39 is 5.97 Å². The fraction of sp³-hybridized carbons (Fsp3) is 0. The Kier molecular flexibility index (Phi) is 3.33. The van der Waals surface area contributed by atoms with E-state index in [0.29, 0.717) is 11.4 Å². The zero-order chi connectivity index (χ0) is 13.0. The van der Waals surface area contributed by atoms with Crippen molar-refractivity contribution in [1.82, 2.24) is 0 Å². The lowest BCUT2D eigenvalue weighted by Gasteiger charge is -2.05. The number of benzene rings is 1. The molecule has 2 rings (SSSR count). The van der Waals surface area contributed by atoms with Crippen LogP contribution in [0.25, 0.3) is 0 Å². The minimum absolute atomic E-state index is 0.0973. The van der Waals surface area contributed by atoms with Gasteiger partial charge in [0.1, 0.15) is 0 Å². The summed E-state index contributed by atoms with van der Waals surface area (Å²) in [6.45, 7) is 0. The van der Waals surface area contributed by atoms with Crippen molar-refractivity contribution in [2.24, 2.45) is 5.10 Å². The highest BCUT2D eigenvalue weighted by atomic mass is 16.4. The molecule has 0 saturated carbocycles. The lowest BCUT2D eigenvalue weighted by atomic mass is 10.2. The molecule has 0 amide bonds. The number of rotatable bonds is 3. The topological polar surface area (TPSA) is 78.8 Å². The Morgan fingerprint density at radius 1 is 1.11 bits per heavy atom. The number of hydrogen-bond donors (Lipinski definition) is 2. The first-order valence-electron chi connectivity index (χ1n) is 5.23. The molecule has 1 aromatic carbocycles. The number of hydrazone groups is 1. The van der Waals surface area contributed by atoms with E-state index in [1.165, 1.54) is 18.2 Å². The van der Waals surface area contributed by atoms with Gasteiger partial charge in [-0.3, -0.25) is 10.2 Å². The number of carbonyl (C=O) groups excluding carboxylic acids is 1. The Morgan fingerprint density at radius 3 is 2.44 bits per heavy atom. The number of para-hydroxylation sites is 1. The minimum atomic E-state index is -1.02. The van der Waals surface area contributed by atoms with Crippen LogP contribution >= 0.6 is 0 Å². The molecule has 0 aromatic heterocycles. The Hall–Kier alpha value is -2.69. The lowest BCUT2D eigenvalue weighted by Crippen LogP contribution is -2.05. The first-order valence-corrected chi connectivity index (χ1v) is 5.23. The minimum Gasteiger partial charge on any atom is -0.478 e. The van der Waals surface area contributed by atoms with Gasteiger partial charge < -0.3 is 5.11 Å². The fourth-order valence-corrected chi connectivity index (χ4v) is 1.41. The Bertz CT molecular complexity index is 568. The molecule has 1 aromatic rings. The molecule has 0 bridgehead atoms. The van der Waals surface area contributed by atoms with E-state index in [1.807, 2.05) is 0 Å². The second kappa shape index (κ2) is 5.09. The number of ketones is 1. The molecular weight excluding hydrogens is 232 g/mol.